The van der Waals surface area contributed by atoms with E-state index in [0.717, 1.165) is 32.6 Å². The van der Waals surface area contributed by atoms with Gasteiger partial charge in [-0.3, -0.25) is 10.2 Å². The Balaban J connectivity index is 1.93. The van der Waals surface area contributed by atoms with Gasteiger partial charge in [-0.2, -0.15) is 0 Å². The molecule has 15 heavy (non-hydrogen) atoms. The van der Waals surface area contributed by atoms with E-state index >= 15 is 0 Å². The summed E-state index contributed by atoms with van der Waals surface area (Å²) in [5.74, 6) is 0.693. The molecule has 2 heterocycles. The number of nitrogens with one attached hydrogen (secondary N) is 1. The van der Waals surface area contributed by atoms with Gasteiger partial charge in [0.15, 0.2) is 0 Å². The first-order chi connectivity index (χ1) is 7.30. The minimum atomic E-state index is -0.112. The summed E-state index contributed by atoms with van der Waals surface area (Å²) < 4.78 is 0. The van der Waals surface area contributed by atoms with Gasteiger partial charge in [0.2, 0.25) is 0 Å². The summed E-state index contributed by atoms with van der Waals surface area (Å²) in [4.78, 5) is 2.42. The second-order valence-corrected chi connectivity index (χ2v) is 4.89. The lowest BCUT2D eigenvalue weighted by Crippen LogP contribution is -2.60. The van der Waals surface area contributed by atoms with Gasteiger partial charge in [0.25, 0.3) is 0 Å². The lowest BCUT2D eigenvalue weighted by molar-refractivity contribution is -0.00495. The van der Waals surface area contributed by atoms with Crippen molar-refractivity contribution >= 4 is 0 Å². The van der Waals surface area contributed by atoms with Crippen LogP contribution in [-0.4, -0.2) is 48.5 Å². The molecule has 0 aliphatic carbocycles. The molecular formula is C11H23N3O. The Bertz CT molecular complexity index is 196. The topological polar surface area (TPSA) is 61.5 Å². The van der Waals surface area contributed by atoms with E-state index in [0.29, 0.717) is 5.92 Å². The molecule has 0 spiro atoms. The third kappa shape index (κ3) is 2.18. The van der Waals surface area contributed by atoms with E-state index in [4.69, 9.17) is 5.73 Å². The molecular weight excluding hydrogens is 190 g/mol. The summed E-state index contributed by atoms with van der Waals surface area (Å²) in [6.45, 7) is 4.25. The van der Waals surface area contributed by atoms with E-state index < -0.39 is 0 Å². The molecule has 2 saturated heterocycles. The SMILES string of the molecule is NCC1CCN(C2(CO)CCCN2)CC1. The van der Waals surface area contributed by atoms with Gasteiger partial charge in [-0.1, -0.05) is 0 Å². The zero-order valence-corrected chi connectivity index (χ0v) is 9.41. The smallest absolute Gasteiger partial charge is 0.0950 e. The van der Waals surface area contributed by atoms with Crippen molar-refractivity contribution in [2.75, 3.05) is 32.8 Å². The molecule has 0 radical (unpaired) electrons. The summed E-state index contributed by atoms with van der Waals surface area (Å²) in [6.07, 6.45) is 4.62. The minimum absolute atomic E-state index is 0.112. The zero-order valence-electron chi connectivity index (χ0n) is 9.41. The summed E-state index contributed by atoms with van der Waals surface area (Å²) in [5, 5.41) is 13.0. The first-order valence-corrected chi connectivity index (χ1v) is 6.12. The highest BCUT2D eigenvalue weighted by atomic mass is 16.3. The van der Waals surface area contributed by atoms with Crippen LogP contribution in [0.15, 0.2) is 0 Å². The van der Waals surface area contributed by atoms with Crippen molar-refractivity contribution in [3.63, 3.8) is 0 Å². The summed E-state index contributed by atoms with van der Waals surface area (Å²) in [6, 6.07) is 0. The monoisotopic (exact) mass is 213 g/mol. The van der Waals surface area contributed by atoms with Crippen molar-refractivity contribution in [2.45, 2.75) is 31.3 Å². The predicted molar refractivity (Wildman–Crippen MR) is 60.4 cm³/mol. The molecule has 2 aliphatic rings. The lowest BCUT2D eigenvalue weighted by Gasteiger charge is -2.44. The second kappa shape index (κ2) is 4.78. The number of hydrogen-bond acceptors (Lipinski definition) is 4. The van der Waals surface area contributed by atoms with Gasteiger partial charge >= 0.3 is 0 Å². The minimum Gasteiger partial charge on any atom is -0.393 e. The molecule has 2 rings (SSSR count). The molecule has 2 aliphatic heterocycles. The average molecular weight is 213 g/mol. The van der Waals surface area contributed by atoms with Crippen molar-refractivity contribution in [2.24, 2.45) is 11.7 Å². The Hall–Kier alpha value is -0.160. The molecule has 88 valence electrons. The average Bonchev–Trinajstić information content (AvgIpc) is 2.79. The summed E-state index contributed by atoms with van der Waals surface area (Å²) in [7, 11) is 0. The van der Waals surface area contributed by atoms with Crippen LogP contribution in [0.3, 0.4) is 0 Å². The number of aliphatic hydroxyl groups is 1. The number of hydrogen-bond donors (Lipinski definition) is 3. The van der Waals surface area contributed by atoms with Crippen molar-refractivity contribution in [1.82, 2.24) is 10.2 Å². The lowest BCUT2D eigenvalue weighted by atomic mass is 9.94. The fourth-order valence-corrected chi connectivity index (χ4v) is 2.89. The molecule has 4 heteroatoms. The van der Waals surface area contributed by atoms with Crippen LogP contribution < -0.4 is 11.1 Å². The maximum absolute atomic E-state index is 9.56. The fraction of sp³-hybridized carbons (Fsp3) is 1.00. The van der Waals surface area contributed by atoms with Crippen molar-refractivity contribution in [3.8, 4) is 0 Å². The van der Waals surface area contributed by atoms with Crippen LogP contribution in [0.4, 0.5) is 0 Å². The van der Waals surface area contributed by atoms with Crippen LogP contribution in [-0.2, 0) is 0 Å². The Labute approximate surface area is 91.8 Å². The molecule has 0 aromatic heterocycles. The first-order valence-electron chi connectivity index (χ1n) is 6.12. The van der Waals surface area contributed by atoms with Gasteiger partial charge in [0, 0.05) is 13.1 Å². The van der Waals surface area contributed by atoms with E-state index in [2.05, 4.69) is 10.2 Å². The Morgan fingerprint density at radius 3 is 2.60 bits per heavy atom. The first kappa shape index (κ1) is 11.3. The number of aliphatic hydroxyl groups excluding tert-OH is 1. The Morgan fingerprint density at radius 1 is 1.40 bits per heavy atom. The van der Waals surface area contributed by atoms with E-state index in [1.807, 2.05) is 0 Å². The molecule has 1 atom stereocenters. The van der Waals surface area contributed by atoms with Gasteiger partial charge in [-0.15, -0.1) is 0 Å². The quantitative estimate of drug-likeness (QED) is 0.604. The molecule has 1 unspecified atom stereocenters. The van der Waals surface area contributed by atoms with E-state index in [-0.39, 0.29) is 12.3 Å². The number of likely N-dealkylation sites (tertiary alicyclic amines) is 1. The molecule has 0 bridgehead atoms. The second-order valence-electron chi connectivity index (χ2n) is 4.89. The number of piperidine rings is 1. The zero-order chi connectivity index (χ0) is 10.7. The predicted octanol–water partition coefficient (Wildman–Crippen LogP) is -0.271. The molecule has 0 saturated carbocycles. The number of nitrogens with zero attached hydrogens (tertiary/aromatic N) is 1. The van der Waals surface area contributed by atoms with Gasteiger partial charge in [0.05, 0.1) is 12.3 Å². The van der Waals surface area contributed by atoms with Crippen LogP contribution in [0.2, 0.25) is 0 Å². The summed E-state index contributed by atoms with van der Waals surface area (Å²) >= 11 is 0. The molecule has 4 nitrogen and oxygen atoms in total. The molecule has 4 N–H and O–H groups in total. The maximum Gasteiger partial charge on any atom is 0.0950 e. The molecule has 0 amide bonds. The van der Waals surface area contributed by atoms with Crippen molar-refractivity contribution in [3.05, 3.63) is 0 Å². The largest absolute Gasteiger partial charge is 0.393 e. The van der Waals surface area contributed by atoms with E-state index in [9.17, 15) is 5.11 Å². The number of rotatable bonds is 3. The molecule has 0 aromatic rings. The maximum atomic E-state index is 9.56. The van der Waals surface area contributed by atoms with Crippen LogP contribution in [0.5, 0.6) is 0 Å². The molecule has 0 aromatic carbocycles. The van der Waals surface area contributed by atoms with Crippen LogP contribution in [0.1, 0.15) is 25.7 Å². The summed E-state index contributed by atoms with van der Waals surface area (Å²) in [5.41, 5.74) is 5.57. The Kier molecular flexibility index (Phi) is 3.61. The van der Waals surface area contributed by atoms with Crippen LogP contribution >= 0.6 is 0 Å². The van der Waals surface area contributed by atoms with Crippen molar-refractivity contribution in [1.29, 1.82) is 0 Å². The highest BCUT2D eigenvalue weighted by Gasteiger charge is 2.39. The third-order valence-electron chi connectivity index (χ3n) is 4.04. The number of nitrogens with two attached hydrogens (primary N) is 1. The van der Waals surface area contributed by atoms with Gasteiger partial charge in [0.1, 0.15) is 0 Å². The molecule has 2 fully saturated rings. The van der Waals surface area contributed by atoms with Gasteiger partial charge in [-0.05, 0) is 44.7 Å². The Morgan fingerprint density at radius 2 is 2.13 bits per heavy atom. The van der Waals surface area contributed by atoms with E-state index in [1.165, 1.54) is 19.3 Å². The van der Waals surface area contributed by atoms with Crippen LogP contribution in [0.25, 0.3) is 0 Å². The normalized spacial score (nSPS) is 34.8. The highest BCUT2D eigenvalue weighted by molar-refractivity contribution is 4.94. The van der Waals surface area contributed by atoms with Crippen molar-refractivity contribution < 1.29 is 5.11 Å². The third-order valence-corrected chi connectivity index (χ3v) is 4.04. The van der Waals surface area contributed by atoms with E-state index in [1.54, 1.807) is 0 Å². The highest BCUT2D eigenvalue weighted by Crippen LogP contribution is 2.28. The standard InChI is InChI=1S/C11H23N3O/c12-8-10-2-6-14(7-3-10)11(9-15)4-1-5-13-11/h10,13,15H,1-9,12H2. The fourth-order valence-electron chi connectivity index (χ4n) is 2.89. The van der Waals surface area contributed by atoms with Gasteiger partial charge in [-0.25, -0.2) is 0 Å². The van der Waals surface area contributed by atoms with Gasteiger partial charge < -0.3 is 10.8 Å². The van der Waals surface area contributed by atoms with Crippen LogP contribution in [0, 0.1) is 5.92 Å².